The van der Waals surface area contributed by atoms with Gasteiger partial charge in [-0.25, -0.2) is 4.68 Å². The van der Waals surface area contributed by atoms with Crippen LogP contribution in [0.4, 0.5) is 3.89 Å². The molecule has 8 heteroatoms. The fourth-order valence-corrected chi connectivity index (χ4v) is 1.70. The first-order valence-electron chi connectivity index (χ1n) is 4.10. The summed E-state index contributed by atoms with van der Waals surface area (Å²) in [5.41, 5.74) is 0.589. The summed E-state index contributed by atoms with van der Waals surface area (Å²) in [7, 11) is -4.80. The summed E-state index contributed by atoms with van der Waals surface area (Å²) in [6.07, 6.45) is 1.01. The molecular formula is C8H5BrFN3O2S. The molecule has 0 radical (unpaired) electrons. The third-order valence-electron chi connectivity index (χ3n) is 1.81. The van der Waals surface area contributed by atoms with Crippen LogP contribution in [0.2, 0.25) is 0 Å². The maximum Gasteiger partial charge on any atom is 0.353 e. The van der Waals surface area contributed by atoms with E-state index in [9.17, 15) is 12.3 Å². The number of aromatic nitrogens is 3. The molecule has 84 valence electrons. The Morgan fingerprint density at radius 2 is 1.88 bits per heavy atom. The highest BCUT2D eigenvalue weighted by atomic mass is 79.9. The minimum Gasteiger partial charge on any atom is -0.219 e. The van der Waals surface area contributed by atoms with Crippen molar-refractivity contribution in [3.05, 3.63) is 34.9 Å². The highest BCUT2D eigenvalue weighted by molar-refractivity contribution is 9.10. The van der Waals surface area contributed by atoms with Crippen molar-refractivity contribution >= 4 is 26.2 Å². The summed E-state index contributed by atoms with van der Waals surface area (Å²) >= 11 is 3.25. The van der Waals surface area contributed by atoms with Gasteiger partial charge in [-0.15, -0.1) is 5.10 Å². The standard InChI is InChI=1S/C8H5BrFN3O2S/c9-6-1-3-7(4-2-6)13-5-8(11-12-13)16(10,14)15/h1-5H. The molecule has 2 rings (SSSR count). The minimum atomic E-state index is -4.80. The quantitative estimate of drug-likeness (QED) is 0.792. The van der Waals surface area contributed by atoms with Crippen LogP contribution in [0.3, 0.4) is 0 Å². The molecule has 2 aromatic rings. The van der Waals surface area contributed by atoms with Crippen molar-refractivity contribution in [2.75, 3.05) is 0 Å². The van der Waals surface area contributed by atoms with E-state index in [4.69, 9.17) is 0 Å². The first kappa shape index (κ1) is 11.2. The summed E-state index contributed by atoms with van der Waals surface area (Å²) in [6.45, 7) is 0. The Balaban J connectivity index is 2.43. The lowest BCUT2D eigenvalue weighted by Crippen LogP contribution is -1.94. The molecule has 5 nitrogen and oxygen atoms in total. The smallest absolute Gasteiger partial charge is 0.219 e. The van der Waals surface area contributed by atoms with Gasteiger partial charge in [0.05, 0.1) is 11.9 Å². The van der Waals surface area contributed by atoms with E-state index >= 15 is 0 Å². The molecule has 0 aliphatic heterocycles. The van der Waals surface area contributed by atoms with Crippen molar-refractivity contribution in [2.45, 2.75) is 5.03 Å². The molecule has 1 aromatic carbocycles. The van der Waals surface area contributed by atoms with Crippen molar-refractivity contribution in [2.24, 2.45) is 0 Å². The minimum absolute atomic E-state index is 0.589. The normalized spacial score (nSPS) is 11.6. The lowest BCUT2D eigenvalue weighted by molar-refractivity contribution is 0.547. The predicted molar refractivity (Wildman–Crippen MR) is 57.4 cm³/mol. The van der Waals surface area contributed by atoms with Crippen molar-refractivity contribution in [1.29, 1.82) is 0 Å². The van der Waals surface area contributed by atoms with Crippen LogP contribution in [0.25, 0.3) is 5.69 Å². The molecule has 16 heavy (non-hydrogen) atoms. The molecular weight excluding hydrogens is 301 g/mol. The number of nitrogens with zero attached hydrogens (tertiary/aromatic N) is 3. The summed E-state index contributed by atoms with van der Waals surface area (Å²) in [6, 6.07) is 6.88. The van der Waals surface area contributed by atoms with Gasteiger partial charge in [-0.2, -0.15) is 8.42 Å². The molecule has 0 N–H and O–H groups in total. The zero-order valence-corrected chi connectivity index (χ0v) is 10.1. The van der Waals surface area contributed by atoms with Crippen molar-refractivity contribution in [3.63, 3.8) is 0 Å². The van der Waals surface area contributed by atoms with E-state index < -0.39 is 15.2 Å². The largest absolute Gasteiger partial charge is 0.353 e. The van der Waals surface area contributed by atoms with E-state index in [0.717, 1.165) is 10.7 Å². The van der Waals surface area contributed by atoms with Gasteiger partial charge < -0.3 is 0 Å². The highest BCUT2D eigenvalue weighted by Crippen LogP contribution is 2.15. The zero-order valence-electron chi connectivity index (χ0n) is 7.71. The van der Waals surface area contributed by atoms with Crippen LogP contribution < -0.4 is 0 Å². The lowest BCUT2D eigenvalue weighted by atomic mass is 10.3. The van der Waals surface area contributed by atoms with Crippen LogP contribution in [0.1, 0.15) is 0 Å². The SMILES string of the molecule is O=S(=O)(F)c1cn(-c2ccc(Br)cc2)nn1. The Bertz CT molecular complexity index is 608. The van der Waals surface area contributed by atoms with E-state index in [1.165, 1.54) is 4.68 Å². The van der Waals surface area contributed by atoms with Crippen molar-refractivity contribution in [3.8, 4) is 5.69 Å². The average Bonchev–Trinajstić information content (AvgIpc) is 2.67. The Morgan fingerprint density at radius 3 is 2.38 bits per heavy atom. The third-order valence-corrected chi connectivity index (χ3v) is 3.03. The van der Waals surface area contributed by atoms with Crippen LogP contribution in [0.5, 0.6) is 0 Å². The molecule has 0 saturated heterocycles. The Kier molecular flexibility index (Phi) is 2.76. The number of benzene rings is 1. The van der Waals surface area contributed by atoms with Gasteiger partial charge in [-0.3, -0.25) is 0 Å². The zero-order chi connectivity index (χ0) is 11.8. The molecule has 1 aromatic heterocycles. The second-order valence-corrected chi connectivity index (χ2v) is 5.13. The van der Waals surface area contributed by atoms with Crippen LogP contribution in [-0.4, -0.2) is 23.4 Å². The summed E-state index contributed by atoms with van der Waals surface area (Å²) in [4.78, 5) is 0. The molecule has 0 aliphatic rings. The maximum atomic E-state index is 12.6. The summed E-state index contributed by atoms with van der Waals surface area (Å²) < 4.78 is 35.7. The number of hydrogen-bond donors (Lipinski definition) is 0. The van der Waals surface area contributed by atoms with Gasteiger partial charge in [0.25, 0.3) is 0 Å². The molecule has 0 saturated carbocycles. The van der Waals surface area contributed by atoms with Crippen molar-refractivity contribution < 1.29 is 12.3 Å². The van der Waals surface area contributed by atoms with E-state index in [0.29, 0.717) is 5.69 Å². The Morgan fingerprint density at radius 1 is 1.25 bits per heavy atom. The van der Waals surface area contributed by atoms with Crippen LogP contribution >= 0.6 is 15.9 Å². The molecule has 1 heterocycles. The van der Waals surface area contributed by atoms with E-state index in [2.05, 4.69) is 26.2 Å². The molecule has 0 atom stereocenters. The Hall–Kier alpha value is -1.28. The fraction of sp³-hybridized carbons (Fsp3) is 0. The predicted octanol–water partition coefficient (Wildman–Crippen LogP) is 1.69. The average molecular weight is 306 g/mol. The molecule has 0 aliphatic carbocycles. The number of halogens is 2. The third kappa shape index (κ3) is 2.27. The molecule has 0 amide bonds. The first-order chi connectivity index (χ1) is 7.47. The van der Waals surface area contributed by atoms with Gasteiger partial charge in [0, 0.05) is 4.47 Å². The van der Waals surface area contributed by atoms with Crippen LogP contribution in [-0.2, 0) is 10.2 Å². The molecule has 0 bridgehead atoms. The molecule has 0 unspecified atom stereocenters. The van der Waals surface area contributed by atoms with Gasteiger partial charge in [0.15, 0.2) is 0 Å². The summed E-state index contributed by atoms with van der Waals surface area (Å²) in [5, 5.41) is 6.04. The summed E-state index contributed by atoms with van der Waals surface area (Å²) in [5.74, 6) is 0. The topological polar surface area (TPSA) is 64.8 Å². The van der Waals surface area contributed by atoms with Gasteiger partial charge in [-0.05, 0) is 24.3 Å². The van der Waals surface area contributed by atoms with Gasteiger partial charge >= 0.3 is 10.2 Å². The molecule has 0 spiro atoms. The first-order valence-corrected chi connectivity index (χ1v) is 6.27. The van der Waals surface area contributed by atoms with Gasteiger partial charge in [0.2, 0.25) is 5.03 Å². The van der Waals surface area contributed by atoms with Crippen LogP contribution in [0, 0.1) is 0 Å². The van der Waals surface area contributed by atoms with Crippen molar-refractivity contribution in [1.82, 2.24) is 15.0 Å². The lowest BCUT2D eigenvalue weighted by Gasteiger charge is -1.98. The number of rotatable bonds is 2. The second-order valence-electron chi connectivity index (χ2n) is 2.92. The van der Waals surface area contributed by atoms with E-state index in [-0.39, 0.29) is 0 Å². The van der Waals surface area contributed by atoms with E-state index in [1.807, 2.05) is 0 Å². The van der Waals surface area contributed by atoms with E-state index in [1.54, 1.807) is 24.3 Å². The highest BCUT2D eigenvalue weighted by Gasteiger charge is 2.17. The monoisotopic (exact) mass is 305 g/mol. The Labute approximate surface area is 99.2 Å². The van der Waals surface area contributed by atoms with Crippen LogP contribution in [0.15, 0.2) is 40.0 Å². The fourth-order valence-electron chi connectivity index (χ4n) is 1.08. The second kappa shape index (κ2) is 3.95. The maximum absolute atomic E-state index is 12.6. The van der Waals surface area contributed by atoms with Gasteiger partial charge in [-0.1, -0.05) is 25.0 Å². The molecule has 0 fully saturated rings. The number of hydrogen-bond acceptors (Lipinski definition) is 4. The van der Waals surface area contributed by atoms with Gasteiger partial charge in [0.1, 0.15) is 0 Å².